The molecule has 1 saturated heterocycles. The van der Waals surface area contributed by atoms with Crippen molar-refractivity contribution in [2.24, 2.45) is 0 Å². The number of hydrogen-bond acceptors (Lipinski definition) is 10. The summed E-state index contributed by atoms with van der Waals surface area (Å²) in [6, 6.07) is -1.19. The second-order valence-corrected chi connectivity index (χ2v) is 8.61. The molecule has 0 aromatic rings. The van der Waals surface area contributed by atoms with Gasteiger partial charge < -0.3 is 25.7 Å². The molecule has 1 aliphatic heterocycles. The van der Waals surface area contributed by atoms with Crippen LogP contribution in [0.4, 0.5) is 0 Å². The molecule has 15 nitrogen and oxygen atoms in total. The number of hydrogen-bond donors (Lipinski definition) is 5. The number of carbonyl (C=O) groups is 6. The van der Waals surface area contributed by atoms with Crippen molar-refractivity contribution in [2.75, 3.05) is 78.5 Å². The smallest absolute Gasteiger partial charge is 0.317 e. The molecule has 1 aliphatic rings. The van der Waals surface area contributed by atoms with Crippen molar-refractivity contribution in [1.29, 1.82) is 0 Å². The second kappa shape index (κ2) is 15.8. The van der Waals surface area contributed by atoms with Gasteiger partial charge in [0.25, 0.3) is 0 Å². The Morgan fingerprint density at radius 3 is 1.14 bits per heavy atom. The van der Waals surface area contributed by atoms with E-state index in [1.165, 1.54) is 6.92 Å². The standard InChI is InChI=1S/C21H35N5O10/c1-15(27)16(10-18(29)30)22-17(28)11-23-2-4-24(12-19(31)32)6-8-26(14-21(35)36)9-7-25(5-3-23)13-20(33)34/h16H,2-14H2,1H3,(H,22,28)(H,29,30)(H,31,32)(H,33,34)(H,35,36)/t16-/m1/s1. The quantitative estimate of drug-likeness (QED) is 0.175. The summed E-state index contributed by atoms with van der Waals surface area (Å²) in [5, 5.41) is 39.0. The van der Waals surface area contributed by atoms with Crippen molar-refractivity contribution in [3.05, 3.63) is 0 Å². The van der Waals surface area contributed by atoms with Gasteiger partial charge in [0, 0.05) is 52.4 Å². The molecule has 0 aromatic carbocycles. The van der Waals surface area contributed by atoms with Crippen molar-refractivity contribution < 1.29 is 49.2 Å². The topological polar surface area (TPSA) is 208 Å². The van der Waals surface area contributed by atoms with Crippen LogP contribution in [0.2, 0.25) is 0 Å². The number of ketones is 1. The molecular weight excluding hydrogens is 482 g/mol. The van der Waals surface area contributed by atoms with E-state index in [0.717, 1.165) is 0 Å². The highest BCUT2D eigenvalue weighted by molar-refractivity contribution is 5.91. The Morgan fingerprint density at radius 2 is 0.889 bits per heavy atom. The lowest BCUT2D eigenvalue weighted by molar-refractivity contribution is -0.141. The van der Waals surface area contributed by atoms with Crippen LogP contribution < -0.4 is 5.32 Å². The van der Waals surface area contributed by atoms with Crippen molar-refractivity contribution in [2.45, 2.75) is 19.4 Å². The lowest BCUT2D eigenvalue weighted by atomic mass is 10.1. The third-order valence-electron chi connectivity index (χ3n) is 5.58. The first-order chi connectivity index (χ1) is 16.8. The number of rotatable bonds is 12. The molecule has 1 rings (SSSR count). The van der Waals surface area contributed by atoms with Gasteiger partial charge in [0.15, 0.2) is 5.78 Å². The Hall–Kier alpha value is -3.14. The molecule has 36 heavy (non-hydrogen) atoms. The Balaban J connectivity index is 3.00. The molecule has 15 heteroatoms. The number of Topliss-reactive ketones (excluding diaryl/α,β-unsaturated/α-hetero) is 1. The van der Waals surface area contributed by atoms with Crippen LogP contribution >= 0.6 is 0 Å². The third kappa shape index (κ3) is 13.7. The number of carbonyl (C=O) groups excluding carboxylic acids is 2. The van der Waals surface area contributed by atoms with Gasteiger partial charge in [-0.1, -0.05) is 0 Å². The molecule has 0 bridgehead atoms. The molecule has 1 amide bonds. The minimum Gasteiger partial charge on any atom is -0.481 e. The maximum atomic E-state index is 12.6. The molecule has 1 fully saturated rings. The predicted octanol–water partition coefficient (Wildman–Crippen LogP) is -2.99. The molecule has 1 heterocycles. The van der Waals surface area contributed by atoms with Crippen LogP contribution in [0.5, 0.6) is 0 Å². The lowest BCUT2D eigenvalue weighted by Crippen LogP contribution is -2.51. The largest absolute Gasteiger partial charge is 0.481 e. The van der Waals surface area contributed by atoms with E-state index in [9.17, 15) is 44.1 Å². The number of nitrogens with one attached hydrogen (secondary N) is 1. The molecule has 0 aromatic heterocycles. The molecule has 0 spiro atoms. The molecule has 0 aliphatic carbocycles. The molecule has 204 valence electrons. The van der Waals surface area contributed by atoms with E-state index in [4.69, 9.17) is 5.11 Å². The van der Waals surface area contributed by atoms with E-state index in [-0.39, 0.29) is 78.5 Å². The number of amides is 1. The lowest BCUT2D eigenvalue weighted by Gasteiger charge is -2.33. The summed E-state index contributed by atoms with van der Waals surface area (Å²) in [6.07, 6.45) is -0.563. The SMILES string of the molecule is CC(=O)[C@@H](CC(=O)O)NC(=O)CN1CCN(CC(=O)O)CCN(CC(=O)O)CCN(CC(=O)O)CC1. The van der Waals surface area contributed by atoms with Crippen LogP contribution in [0.1, 0.15) is 13.3 Å². The minimum atomic E-state index is -1.24. The van der Waals surface area contributed by atoms with Gasteiger partial charge in [0.1, 0.15) is 0 Å². The predicted molar refractivity (Wildman–Crippen MR) is 124 cm³/mol. The van der Waals surface area contributed by atoms with Crippen LogP contribution in [-0.2, 0) is 28.8 Å². The normalized spacial score (nSPS) is 18.4. The highest BCUT2D eigenvalue weighted by Gasteiger charge is 2.24. The molecular formula is C21H35N5O10. The third-order valence-corrected chi connectivity index (χ3v) is 5.58. The summed E-state index contributed by atoms with van der Waals surface area (Å²) in [5.74, 6) is -5.53. The van der Waals surface area contributed by atoms with Gasteiger partial charge in [-0.15, -0.1) is 0 Å². The average molecular weight is 518 g/mol. The summed E-state index contributed by atoms with van der Waals surface area (Å²) in [4.78, 5) is 75.6. The zero-order valence-corrected chi connectivity index (χ0v) is 20.3. The Labute approximate surface area is 208 Å². The zero-order valence-electron chi connectivity index (χ0n) is 20.3. The first-order valence-electron chi connectivity index (χ1n) is 11.4. The maximum absolute atomic E-state index is 12.6. The van der Waals surface area contributed by atoms with Gasteiger partial charge in [0.2, 0.25) is 5.91 Å². The summed E-state index contributed by atoms with van der Waals surface area (Å²) in [5.41, 5.74) is 0. The molecule has 5 N–H and O–H groups in total. The van der Waals surface area contributed by atoms with E-state index in [0.29, 0.717) is 0 Å². The number of aliphatic carboxylic acids is 4. The van der Waals surface area contributed by atoms with Gasteiger partial charge in [-0.3, -0.25) is 48.4 Å². The first-order valence-corrected chi connectivity index (χ1v) is 11.4. The van der Waals surface area contributed by atoms with E-state index in [1.54, 1.807) is 19.6 Å². The van der Waals surface area contributed by atoms with Crippen LogP contribution in [0.15, 0.2) is 0 Å². The van der Waals surface area contributed by atoms with Crippen molar-refractivity contribution in [3.63, 3.8) is 0 Å². The molecule has 1 atom stereocenters. The molecule has 0 radical (unpaired) electrons. The minimum absolute atomic E-state index is 0.212. The van der Waals surface area contributed by atoms with Gasteiger partial charge in [-0.05, 0) is 6.92 Å². The van der Waals surface area contributed by atoms with Crippen LogP contribution in [0.25, 0.3) is 0 Å². The highest BCUT2D eigenvalue weighted by atomic mass is 16.4. The number of nitrogens with zero attached hydrogens (tertiary/aromatic N) is 4. The van der Waals surface area contributed by atoms with E-state index in [2.05, 4.69) is 5.32 Å². The maximum Gasteiger partial charge on any atom is 0.317 e. The number of carboxylic acids is 4. The Bertz CT molecular complexity index is 776. The Kier molecular flexibility index (Phi) is 13.5. The summed E-state index contributed by atoms with van der Waals surface area (Å²) in [6.45, 7) is 1.97. The van der Waals surface area contributed by atoms with Gasteiger partial charge in [-0.2, -0.15) is 0 Å². The first kappa shape index (κ1) is 30.9. The highest BCUT2D eigenvalue weighted by Crippen LogP contribution is 2.02. The van der Waals surface area contributed by atoms with E-state index < -0.39 is 48.0 Å². The molecule has 0 unspecified atom stereocenters. The zero-order chi connectivity index (χ0) is 27.3. The van der Waals surface area contributed by atoms with Gasteiger partial charge in [-0.25, -0.2) is 0 Å². The second-order valence-electron chi connectivity index (χ2n) is 8.61. The van der Waals surface area contributed by atoms with E-state index >= 15 is 0 Å². The fraction of sp³-hybridized carbons (Fsp3) is 0.714. The van der Waals surface area contributed by atoms with Crippen molar-refractivity contribution >= 4 is 35.6 Å². The number of carboxylic acid groups (broad SMARTS) is 4. The Morgan fingerprint density at radius 1 is 0.583 bits per heavy atom. The van der Waals surface area contributed by atoms with E-state index in [1.807, 2.05) is 0 Å². The van der Waals surface area contributed by atoms with Crippen LogP contribution in [-0.4, -0.2) is 160 Å². The average Bonchev–Trinajstić information content (AvgIpc) is 2.73. The van der Waals surface area contributed by atoms with Gasteiger partial charge in [0.05, 0.1) is 38.6 Å². The molecule has 0 saturated carbocycles. The monoisotopic (exact) mass is 517 g/mol. The summed E-state index contributed by atoms with van der Waals surface area (Å²) < 4.78 is 0. The van der Waals surface area contributed by atoms with Crippen molar-refractivity contribution in [1.82, 2.24) is 24.9 Å². The fourth-order valence-electron chi connectivity index (χ4n) is 3.70. The summed E-state index contributed by atoms with van der Waals surface area (Å²) >= 11 is 0. The summed E-state index contributed by atoms with van der Waals surface area (Å²) in [7, 11) is 0. The fourth-order valence-corrected chi connectivity index (χ4v) is 3.70. The van der Waals surface area contributed by atoms with Crippen LogP contribution in [0.3, 0.4) is 0 Å². The van der Waals surface area contributed by atoms with Crippen LogP contribution in [0, 0.1) is 0 Å². The van der Waals surface area contributed by atoms with Gasteiger partial charge >= 0.3 is 23.9 Å². The van der Waals surface area contributed by atoms with Crippen molar-refractivity contribution in [3.8, 4) is 0 Å².